The second-order valence-electron chi connectivity index (χ2n) is 4.55. The van der Waals surface area contributed by atoms with E-state index in [1.54, 1.807) is 24.3 Å². The molecule has 0 fully saturated rings. The van der Waals surface area contributed by atoms with Crippen molar-refractivity contribution < 1.29 is 13.9 Å². The summed E-state index contributed by atoms with van der Waals surface area (Å²) in [6, 6.07) is 7.67. The van der Waals surface area contributed by atoms with Crippen LogP contribution in [0.5, 0.6) is 11.5 Å². The van der Waals surface area contributed by atoms with E-state index in [1.807, 2.05) is 0 Å². The van der Waals surface area contributed by atoms with Crippen molar-refractivity contribution in [3.63, 3.8) is 0 Å². The van der Waals surface area contributed by atoms with Crippen LogP contribution in [-0.2, 0) is 0 Å². The maximum absolute atomic E-state index is 14.0. The first-order chi connectivity index (χ1) is 10.1. The van der Waals surface area contributed by atoms with Gasteiger partial charge in [-0.2, -0.15) is 0 Å². The van der Waals surface area contributed by atoms with Gasteiger partial charge in [-0.25, -0.2) is 4.39 Å². The molecule has 6 heteroatoms. The molecule has 0 bridgehead atoms. The molecule has 0 amide bonds. The SMILES string of the molecule is Fc1cc(Cl)ccc1C(Cl)c1cc2c(cc1Cl)OCCO2. The lowest BCUT2D eigenvalue weighted by molar-refractivity contribution is 0.171. The summed E-state index contributed by atoms with van der Waals surface area (Å²) in [7, 11) is 0. The van der Waals surface area contributed by atoms with Gasteiger partial charge >= 0.3 is 0 Å². The normalized spacial score (nSPS) is 14.9. The Hall–Kier alpha value is -1.16. The molecule has 1 aliphatic rings. The highest BCUT2D eigenvalue weighted by atomic mass is 35.5. The van der Waals surface area contributed by atoms with Crippen molar-refractivity contribution in [3.8, 4) is 11.5 Å². The minimum atomic E-state index is -0.745. The van der Waals surface area contributed by atoms with Gasteiger partial charge in [0.05, 0.1) is 5.38 Å². The molecular formula is C15H10Cl3FO2. The molecule has 1 unspecified atom stereocenters. The smallest absolute Gasteiger partial charge is 0.162 e. The van der Waals surface area contributed by atoms with Crippen molar-refractivity contribution in [1.82, 2.24) is 0 Å². The van der Waals surface area contributed by atoms with E-state index in [0.29, 0.717) is 45.9 Å². The van der Waals surface area contributed by atoms with Crippen LogP contribution in [0.1, 0.15) is 16.5 Å². The largest absolute Gasteiger partial charge is 0.486 e. The summed E-state index contributed by atoms with van der Waals surface area (Å²) in [6.07, 6.45) is 0. The van der Waals surface area contributed by atoms with Crippen molar-refractivity contribution in [2.75, 3.05) is 13.2 Å². The Morgan fingerprint density at radius 1 is 0.952 bits per heavy atom. The molecular weight excluding hydrogens is 338 g/mol. The van der Waals surface area contributed by atoms with Crippen LogP contribution in [0.4, 0.5) is 4.39 Å². The van der Waals surface area contributed by atoms with Crippen molar-refractivity contribution in [1.29, 1.82) is 0 Å². The lowest BCUT2D eigenvalue weighted by Gasteiger charge is -2.21. The maximum Gasteiger partial charge on any atom is 0.162 e. The number of alkyl halides is 1. The molecule has 0 N–H and O–H groups in total. The van der Waals surface area contributed by atoms with Gasteiger partial charge in [0.25, 0.3) is 0 Å². The van der Waals surface area contributed by atoms with Crippen LogP contribution in [0.15, 0.2) is 30.3 Å². The maximum atomic E-state index is 14.0. The highest BCUT2D eigenvalue weighted by Crippen LogP contribution is 2.42. The molecule has 1 atom stereocenters. The van der Waals surface area contributed by atoms with Crippen LogP contribution in [0.3, 0.4) is 0 Å². The van der Waals surface area contributed by atoms with E-state index >= 15 is 0 Å². The van der Waals surface area contributed by atoms with Crippen molar-refractivity contribution >= 4 is 34.8 Å². The number of fused-ring (bicyclic) bond motifs is 1. The molecule has 0 aromatic heterocycles. The third-order valence-electron chi connectivity index (χ3n) is 3.17. The van der Waals surface area contributed by atoms with Gasteiger partial charge in [-0.05, 0) is 23.8 Å². The van der Waals surface area contributed by atoms with Gasteiger partial charge in [0.2, 0.25) is 0 Å². The van der Waals surface area contributed by atoms with Gasteiger partial charge in [0, 0.05) is 21.7 Å². The lowest BCUT2D eigenvalue weighted by atomic mass is 10.0. The quantitative estimate of drug-likeness (QED) is 0.692. The van der Waals surface area contributed by atoms with Crippen molar-refractivity contribution in [2.45, 2.75) is 5.38 Å². The molecule has 2 aromatic carbocycles. The summed E-state index contributed by atoms with van der Waals surface area (Å²) in [5, 5.41) is -0.0346. The van der Waals surface area contributed by atoms with Crippen LogP contribution >= 0.6 is 34.8 Å². The molecule has 1 aliphatic heterocycles. The van der Waals surface area contributed by atoms with Crippen molar-refractivity contribution in [3.05, 3.63) is 57.3 Å². The summed E-state index contributed by atoms with van der Waals surface area (Å²) < 4.78 is 24.9. The Bertz CT molecular complexity index is 691. The van der Waals surface area contributed by atoms with Crippen LogP contribution in [-0.4, -0.2) is 13.2 Å². The topological polar surface area (TPSA) is 18.5 Å². The standard InChI is InChI=1S/C15H10Cl3FO2/c16-8-1-2-9(12(19)5-8)15(18)10-6-13-14(7-11(10)17)21-4-3-20-13/h1-2,5-7,15H,3-4H2. The number of benzene rings is 2. The van der Waals surface area contributed by atoms with Gasteiger partial charge in [0.15, 0.2) is 11.5 Å². The average molecular weight is 348 g/mol. The Kier molecular flexibility index (Phi) is 4.16. The molecule has 1 heterocycles. The second-order valence-corrected chi connectivity index (χ2v) is 5.83. The Morgan fingerprint density at radius 2 is 1.62 bits per heavy atom. The zero-order valence-electron chi connectivity index (χ0n) is 10.7. The van der Waals surface area contributed by atoms with Crippen molar-refractivity contribution in [2.24, 2.45) is 0 Å². The van der Waals surface area contributed by atoms with E-state index in [9.17, 15) is 4.39 Å². The van der Waals surface area contributed by atoms with E-state index in [1.165, 1.54) is 6.07 Å². The second kappa shape index (κ2) is 5.91. The lowest BCUT2D eigenvalue weighted by Crippen LogP contribution is -2.15. The zero-order chi connectivity index (χ0) is 15.0. The minimum absolute atomic E-state index is 0.305. The number of hydrogen-bond acceptors (Lipinski definition) is 2. The predicted molar refractivity (Wildman–Crippen MR) is 81.5 cm³/mol. The summed E-state index contributed by atoms with van der Waals surface area (Å²) in [5.41, 5.74) is 0.864. The van der Waals surface area contributed by atoms with E-state index in [-0.39, 0.29) is 0 Å². The number of halogens is 4. The van der Waals surface area contributed by atoms with Crippen LogP contribution in [0.2, 0.25) is 10.0 Å². The third-order valence-corrected chi connectivity index (χ3v) is 4.20. The molecule has 0 saturated heterocycles. The summed E-state index contributed by atoms with van der Waals surface area (Å²) in [5.74, 6) is 0.643. The Labute approximate surface area is 136 Å². The first-order valence-corrected chi connectivity index (χ1v) is 7.43. The molecule has 2 nitrogen and oxygen atoms in total. The zero-order valence-corrected chi connectivity index (χ0v) is 13.0. The van der Waals surface area contributed by atoms with Gasteiger partial charge in [-0.1, -0.05) is 29.3 Å². The Balaban J connectivity index is 2.03. The Morgan fingerprint density at radius 3 is 2.29 bits per heavy atom. The molecule has 0 saturated carbocycles. The van der Waals surface area contributed by atoms with Crippen LogP contribution in [0, 0.1) is 5.82 Å². The summed E-state index contributed by atoms with van der Waals surface area (Å²) >= 11 is 18.3. The van der Waals surface area contributed by atoms with E-state index in [4.69, 9.17) is 44.3 Å². The fourth-order valence-corrected chi connectivity index (χ4v) is 2.98. The van der Waals surface area contributed by atoms with Crippen LogP contribution in [0.25, 0.3) is 0 Å². The minimum Gasteiger partial charge on any atom is -0.486 e. The summed E-state index contributed by atoms with van der Waals surface area (Å²) in [6.45, 7) is 0.926. The fourth-order valence-electron chi connectivity index (χ4n) is 2.15. The van der Waals surface area contributed by atoms with Crippen LogP contribution < -0.4 is 9.47 Å². The number of hydrogen-bond donors (Lipinski definition) is 0. The monoisotopic (exact) mass is 346 g/mol. The molecule has 0 aliphatic carbocycles. The molecule has 110 valence electrons. The van der Waals surface area contributed by atoms with Gasteiger partial charge in [-0.3, -0.25) is 0 Å². The molecule has 3 rings (SSSR count). The fraction of sp³-hybridized carbons (Fsp3) is 0.200. The number of rotatable bonds is 2. The van der Waals surface area contributed by atoms with E-state index in [2.05, 4.69) is 0 Å². The van der Waals surface area contributed by atoms with Gasteiger partial charge in [-0.15, -0.1) is 11.6 Å². The average Bonchev–Trinajstić information content (AvgIpc) is 2.46. The van der Waals surface area contributed by atoms with Gasteiger partial charge < -0.3 is 9.47 Å². The molecule has 21 heavy (non-hydrogen) atoms. The van der Waals surface area contributed by atoms with Gasteiger partial charge in [0.1, 0.15) is 19.0 Å². The molecule has 0 radical (unpaired) electrons. The highest BCUT2D eigenvalue weighted by Gasteiger charge is 2.22. The number of ether oxygens (including phenoxy) is 2. The first-order valence-electron chi connectivity index (χ1n) is 6.24. The molecule has 0 spiro atoms. The predicted octanol–water partition coefficient (Wildman–Crippen LogP) is 5.23. The third kappa shape index (κ3) is 2.91. The first kappa shape index (κ1) is 14.8. The van der Waals surface area contributed by atoms with E-state index in [0.717, 1.165) is 0 Å². The highest BCUT2D eigenvalue weighted by molar-refractivity contribution is 6.33. The van der Waals surface area contributed by atoms with E-state index < -0.39 is 11.2 Å². The summed E-state index contributed by atoms with van der Waals surface area (Å²) in [4.78, 5) is 0. The molecule has 2 aromatic rings.